The van der Waals surface area contributed by atoms with Crippen LogP contribution in [0.15, 0.2) is 24.3 Å². The molecule has 1 fully saturated rings. The predicted molar refractivity (Wildman–Crippen MR) is 214 cm³/mol. The van der Waals surface area contributed by atoms with Gasteiger partial charge in [-0.1, -0.05) is 61.8 Å². The molecule has 0 spiro atoms. The summed E-state index contributed by atoms with van der Waals surface area (Å²) >= 11 is 0. The van der Waals surface area contributed by atoms with Crippen LogP contribution in [0.2, 0.25) is 0 Å². The first-order valence-corrected chi connectivity index (χ1v) is 20.0. The standard InChI is InChI=1S/C43H71N3O9/c1-15-27(6)40(45(10)43(51)33(25(2)3)22-36(48)39(44-9)26(4)5)37(54-13)23-38(49)46-24-32(53-12)21-34(46)42(55-14)29(8)35(47)20-28(7)41(50)30-16-18-31(52-11)19-17-30/h16-19,25-29,32-34,37,39-40,42,44H,15,20-24H2,1-14H3/t27-,28-,29-,32+,33-,34?,37+,39-,40-,42+/m0/s1. The largest absolute Gasteiger partial charge is 0.497 e. The minimum absolute atomic E-state index is 0.00276. The van der Waals surface area contributed by atoms with Crippen molar-refractivity contribution in [1.29, 1.82) is 0 Å². The van der Waals surface area contributed by atoms with E-state index in [1.807, 2.05) is 41.5 Å². The van der Waals surface area contributed by atoms with E-state index in [2.05, 4.69) is 5.32 Å². The molecule has 12 nitrogen and oxygen atoms in total. The Labute approximate surface area is 330 Å². The molecule has 312 valence electrons. The summed E-state index contributed by atoms with van der Waals surface area (Å²) in [5.41, 5.74) is 0.505. The van der Waals surface area contributed by atoms with Crippen molar-refractivity contribution >= 4 is 29.2 Å². The van der Waals surface area contributed by atoms with E-state index < -0.39 is 42.0 Å². The summed E-state index contributed by atoms with van der Waals surface area (Å²) in [5.74, 6) is -1.69. The highest BCUT2D eigenvalue weighted by Crippen LogP contribution is 2.32. The molecule has 0 radical (unpaired) electrons. The van der Waals surface area contributed by atoms with E-state index in [4.69, 9.17) is 18.9 Å². The van der Waals surface area contributed by atoms with Gasteiger partial charge in [-0.05, 0) is 55.5 Å². The van der Waals surface area contributed by atoms with Crippen LogP contribution in [0.4, 0.5) is 0 Å². The molecule has 0 aliphatic carbocycles. The van der Waals surface area contributed by atoms with Crippen molar-refractivity contribution in [3.63, 3.8) is 0 Å². The van der Waals surface area contributed by atoms with Crippen molar-refractivity contribution in [2.45, 2.75) is 124 Å². The number of rotatable bonds is 24. The lowest BCUT2D eigenvalue weighted by Gasteiger charge is -2.41. The fraction of sp³-hybridized carbons (Fsp3) is 0.744. The van der Waals surface area contributed by atoms with E-state index in [0.29, 0.717) is 24.3 Å². The lowest BCUT2D eigenvalue weighted by atomic mass is 9.84. The SMILES string of the molecule is CC[C@H](C)[C@@H]([C@@H](CC(=O)N1C[C@H](OC)CC1[C@H](OC)[C@@H](C)C(=O)C[C@H](C)C(=O)c1ccc(OC)cc1)OC)N(C)C(=O)[C@@H](CC(=O)[C@@H](NC)C(C)C)C(C)C. The predicted octanol–water partition coefficient (Wildman–Crippen LogP) is 5.49. The minimum atomic E-state index is -0.646. The number of carbonyl (C=O) groups is 5. The van der Waals surface area contributed by atoms with Gasteiger partial charge in [0.05, 0.1) is 50.0 Å². The molecule has 1 heterocycles. The first kappa shape index (κ1) is 48.0. The molecular formula is C43H71N3O9. The second kappa shape index (κ2) is 22.5. The maximum absolute atomic E-state index is 14.4. The quantitative estimate of drug-likeness (QED) is 0.134. The van der Waals surface area contributed by atoms with Crippen LogP contribution in [-0.2, 0) is 33.4 Å². The number of likely N-dealkylation sites (tertiary alicyclic amines) is 1. The number of hydrogen-bond donors (Lipinski definition) is 1. The summed E-state index contributed by atoms with van der Waals surface area (Å²) in [6.45, 7) is 15.8. The normalized spacial score (nSPS) is 20.3. The fourth-order valence-corrected chi connectivity index (χ4v) is 8.19. The van der Waals surface area contributed by atoms with Crippen LogP contribution < -0.4 is 10.1 Å². The van der Waals surface area contributed by atoms with Gasteiger partial charge in [0.2, 0.25) is 11.8 Å². The third-order valence-corrected chi connectivity index (χ3v) is 11.9. The first-order chi connectivity index (χ1) is 25.9. The van der Waals surface area contributed by atoms with Gasteiger partial charge in [-0.3, -0.25) is 24.0 Å². The molecule has 2 rings (SSSR count). The van der Waals surface area contributed by atoms with Gasteiger partial charge < -0.3 is 34.1 Å². The van der Waals surface area contributed by atoms with Gasteiger partial charge in [0.15, 0.2) is 11.6 Å². The van der Waals surface area contributed by atoms with Crippen molar-refractivity contribution in [1.82, 2.24) is 15.1 Å². The van der Waals surface area contributed by atoms with Crippen molar-refractivity contribution in [3.8, 4) is 5.75 Å². The third kappa shape index (κ3) is 12.4. The zero-order chi connectivity index (χ0) is 41.7. The van der Waals surface area contributed by atoms with Crippen molar-refractivity contribution in [2.75, 3.05) is 49.1 Å². The number of amides is 2. The van der Waals surface area contributed by atoms with Crippen LogP contribution in [0, 0.1) is 35.5 Å². The van der Waals surface area contributed by atoms with Gasteiger partial charge in [-0.15, -0.1) is 0 Å². The molecule has 12 heteroatoms. The number of benzene rings is 1. The summed E-state index contributed by atoms with van der Waals surface area (Å²) in [4.78, 5) is 72.3. The van der Waals surface area contributed by atoms with E-state index in [1.165, 1.54) is 7.11 Å². The summed E-state index contributed by atoms with van der Waals surface area (Å²) in [7, 11) is 9.77. The Kier molecular flexibility index (Phi) is 19.6. The molecule has 2 amide bonds. The molecule has 10 atom stereocenters. The van der Waals surface area contributed by atoms with Crippen LogP contribution in [0.1, 0.15) is 97.9 Å². The zero-order valence-electron chi connectivity index (χ0n) is 36.0. The van der Waals surface area contributed by atoms with Crippen LogP contribution in [0.5, 0.6) is 5.75 Å². The number of methoxy groups -OCH3 is 4. The molecule has 1 N–H and O–H groups in total. The Morgan fingerprint density at radius 3 is 1.95 bits per heavy atom. The molecule has 0 bridgehead atoms. The zero-order valence-corrected chi connectivity index (χ0v) is 36.0. The fourth-order valence-electron chi connectivity index (χ4n) is 8.19. The van der Waals surface area contributed by atoms with Crippen molar-refractivity contribution in [3.05, 3.63) is 29.8 Å². The number of ether oxygens (including phenoxy) is 4. The van der Waals surface area contributed by atoms with Gasteiger partial charge in [0, 0.05) is 71.1 Å². The van der Waals surface area contributed by atoms with Gasteiger partial charge in [-0.2, -0.15) is 0 Å². The lowest BCUT2D eigenvalue weighted by molar-refractivity contribution is -0.149. The van der Waals surface area contributed by atoms with E-state index in [0.717, 1.165) is 6.42 Å². The smallest absolute Gasteiger partial charge is 0.226 e. The highest BCUT2D eigenvalue weighted by atomic mass is 16.5. The Morgan fingerprint density at radius 1 is 0.855 bits per heavy atom. The van der Waals surface area contributed by atoms with Crippen molar-refractivity contribution in [2.24, 2.45) is 35.5 Å². The molecular weight excluding hydrogens is 702 g/mol. The average molecular weight is 774 g/mol. The highest BCUT2D eigenvalue weighted by Gasteiger charge is 2.45. The van der Waals surface area contributed by atoms with Crippen LogP contribution in [-0.4, -0.2) is 124 Å². The van der Waals surface area contributed by atoms with E-state index >= 15 is 0 Å². The molecule has 55 heavy (non-hydrogen) atoms. The van der Waals surface area contributed by atoms with Crippen LogP contribution >= 0.6 is 0 Å². The molecule has 0 aromatic heterocycles. The Hall–Kier alpha value is -3.19. The maximum atomic E-state index is 14.4. The van der Waals surface area contributed by atoms with Crippen LogP contribution in [0.25, 0.3) is 0 Å². The molecule has 1 aliphatic heterocycles. The summed E-state index contributed by atoms with van der Waals surface area (Å²) in [5, 5.41) is 3.11. The Bertz CT molecular complexity index is 1400. The molecule has 0 saturated carbocycles. The second-order valence-electron chi connectivity index (χ2n) is 16.2. The Balaban J connectivity index is 2.32. The molecule has 1 aromatic carbocycles. The maximum Gasteiger partial charge on any atom is 0.226 e. The second-order valence-corrected chi connectivity index (χ2v) is 16.2. The molecule has 1 aromatic rings. The number of carbonyl (C=O) groups excluding carboxylic acids is 5. The number of likely N-dealkylation sites (N-methyl/N-ethyl adjacent to an activating group) is 2. The van der Waals surface area contributed by atoms with Gasteiger partial charge in [0.1, 0.15) is 11.5 Å². The van der Waals surface area contributed by atoms with E-state index in [9.17, 15) is 24.0 Å². The van der Waals surface area contributed by atoms with Gasteiger partial charge >= 0.3 is 0 Å². The first-order valence-electron chi connectivity index (χ1n) is 20.0. The lowest BCUT2D eigenvalue weighted by Crippen LogP contribution is -2.54. The van der Waals surface area contributed by atoms with Gasteiger partial charge in [0.25, 0.3) is 0 Å². The third-order valence-electron chi connectivity index (χ3n) is 11.9. The van der Waals surface area contributed by atoms with Gasteiger partial charge in [-0.25, -0.2) is 0 Å². The average Bonchev–Trinajstić information content (AvgIpc) is 3.60. The summed E-state index contributed by atoms with van der Waals surface area (Å²) in [6, 6.07) is 5.56. The number of ketones is 3. The monoisotopic (exact) mass is 774 g/mol. The van der Waals surface area contributed by atoms with E-state index in [1.54, 1.807) is 83.3 Å². The Morgan fingerprint density at radius 2 is 1.47 bits per heavy atom. The highest BCUT2D eigenvalue weighted by molar-refractivity contribution is 6.00. The minimum Gasteiger partial charge on any atom is -0.497 e. The number of nitrogens with zero attached hydrogens (tertiary/aromatic N) is 2. The molecule has 1 aliphatic rings. The number of Topliss-reactive ketones (excluding diaryl/α,β-unsaturated/α-hetero) is 3. The number of nitrogens with one attached hydrogen (secondary N) is 1. The summed E-state index contributed by atoms with van der Waals surface area (Å²) in [6.07, 6.45) is -0.221. The van der Waals surface area contributed by atoms with E-state index in [-0.39, 0.29) is 78.3 Å². The van der Waals surface area contributed by atoms with Crippen LogP contribution in [0.3, 0.4) is 0 Å². The summed E-state index contributed by atoms with van der Waals surface area (Å²) < 4.78 is 23.0. The topological polar surface area (TPSA) is 141 Å². The molecule has 1 unspecified atom stereocenters. The number of hydrogen-bond acceptors (Lipinski definition) is 10. The van der Waals surface area contributed by atoms with Crippen molar-refractivity contribution < 1.29 is 42.9 Å². The molecule has 1 saturated heterocycles.